The minimum Gasteiger partial charge on any atom is -0.457 e. The molecule has 0 aromatic heterocycles. The van der Waals surface area contributed by atoms with Crippen molar-refractivity contribution in [2.45, 2.75) is 26.5 Å². The first-order valence-electron chi connectivity index (χ1n) is 7.09. The van der Waals surface area contributed by atoms with Gasteiger partial charge in [-0.05, 0) is 48.9 Å². The summed E-state index contributed by atoms with van der Waals surface area (Å²) in [4.78, 5) is 0. The fourth-order valence-electron chi connectivity index (χ4n) is 2.02. The Morgan fingerprint density at radius 2 is 2.05 bits per heavy atom. The lowest BCUT2D eigenvalue weighted by molar-refractivity contribution is 0.281. The summed E-state index contributed by atoms with van der Waals surface area (Å²) in [5.41, 5.74) is 1.95. The summed E-state index contributed by atoms with van der Waals surface area (Å²) in [6.45, 7) is 3.91. The fourth-order valence-corrected chi connectivity index (χ4v) is 2.43. The van der Waals surface area contributed by atoms with Crippen LogP contribution in [0.15, 0.2) is 46.9 Å². The Morgan fingerprint density at radius 3 is 2.81 bits per heavy atom. The summed E-state index contributed by atoms with van der Waals surface area (Å²) in [6, 6.07) is 13.5. The third kappa shape index (κ3) is 4.84. The molecule has 0 unspecified atom stereocenters. The molecule has 0 aliphatic heterocycles. The highest BCUT2D eigenvalue weighted by Crippen LogP contribution is 2.28. The van der Waals surface area contributed by atoms with Crippen LogP contribution in [0.3, 0.4) is 0 Å². The number of aliphatic hydroxyl groups excluding tert-OH is 1. The maximum absolute atomic E-state index is 9.19. The second-order valence-corrected chi connectivity index (χ2v) is 5.75. The van der Waals surface area contributed by atoms with Crippen molar-refractivity contribution in [1.29, 1.82) is 0 Å². The molecule has 0 aliphatic carbocycles. The average Bonchev–Trinajstić information content (AvgIpc) is 2.50. The van der Waals surface area contributed by atoms with E-state index in [0.29, 0.717) is 0 Å². The molecule has 0 aliphatic rings. The smallest absolute Gasteiger partial charge is 0.131 e. The molecule has 21 heavy (non-hydrogen) atoms. The molecular weight excluding hydrogens is 330 g/mol. The van der Waals surface area contributed by atoms with Crippen LogP contribution in [0, 0.1) is 0 Å². The van der Waals surface area contributed by atoms with Crippen LogP contribution in [0.1, 0.15) is 24.5 Å². The van der Waals surface area contributed by atoms with E-state index in [9.17, 15) is 5.11 Å². The number of ether oxygens (including phenoxy) is 1. The fraction of sp³-hybridized carbons (Fsp3) is 0.294. The third-order valence-electron chi connectivity index (χ3n) is 3.07. The topological polar surface area (TPSA) is 41.5 Å². The van der Waals surface area contributed by atoms with Gasteiger partial charge in [0.1, 0.15) is 11.5 Å². The van der Waals surface area contributed by atoms with Gasteiger partial charge in [0.2, 0.25) is 0 Å². The van der Waals surface area contributed by atoms with Gasteiger partial charge in [0.05, 0.1) is 6.61 Å². The number of hydrogen-bond acceptors (Lipinski definition) is 3. The molecule has 2 rings (SSSR count). The van der Waals surface area contributed by atoms with Crippen molar-refractivity contribution in [1.82, 2.24) is 5.32 Å². The Labute approximate surface area is 134 Å². The lowest BCUT2D eigenvalue weighted by atomic mass is 10.2. The van der Waals surface area contributed by atoms with Gasteiger partial charge in [-0.15, -0.1) is 0 Å². The van der Waals surface area contributed by atoms with E-state index >= 15 is 0 Å². The Hall–Kier alpha value is -1.36. The lowest BCUT2D eigenvalue weighted by Crippen LogP contribution is -2.14. The van der Waals surface area contributed by atoms with Gasteiger partial charge >= 0.3 is 0 Å². The number of hydrogen-bond donors (Lipinski definition) is 2. The van der Waals surface area contributed by atoms with Crippen LogP contribution in [0.2, 0.25) is 0 Å². The van der Waals surface area contributed by atoms with Gasteiger partial charge in [0, 0.05) is 16.6 Å². The zero-order valence-electron chi connectivity index (χ0n) is 12.1. The lowest BCUT2D eigenvalue weighted by Gasteiger charge is -2.13. The standard InChI is InChI=1S/C17H20BrNO2/c1-2-8-19-11-14-10-15(18)6-7-17(14)21-16-5-3-4-13(9-16)12-20/h3-7,9-10,19-20H,2,8,11-12H2,1H3. The molecule has 4 heteroatoms. The zero-order chi connectivity index (χ0) is 15.1. The first-order chi connectivity index (χ1) is 10.2. The second kappa shape index (κ2) is 8.17. The van der Waals surface area contributed by atoms with E-state index in [1.54, 1.807) is 0 Å². The van der Waals surface area contributed by atoms with E-state index < -0.39 is 0 Å². The second-order valence-electron chi connectivity index (χ2n) is 4.84. The third-order valence-corrected chi connectivity index (χ3v) is 3.57. The monoisotopic (exact) mass is 349 g/mol. The van der Waals surface area contributed by atoms with Crippen LogP contribution in [-0.4, -0.2) is 11.7 Å². The molecule has 2 aromatic rings. The van der Waals surface area contributed by atoms with E-state index in [1.807, 2.05) is 36.4 Å². The number of nitrogens with one attached hydrogen (secondary N) is 1. The summed E-state index contributed by atoms with van der Waals surface area (Å²) in [6.07, 6.45) is 1.10. The summed E-state index contributed by atoms with van der Waals surface area (Å²) in [5, 5.41) is 12.6. The van der Waals surface area contributed by atoms with Gasteiger partial charge in [0.25, 0.3) is 0 Å². The maximum atomic E-state index is 9.19. The molecule has 0 saturated carbocycles. The Balaban J connectivity index is 2.17. The van der Waals surface area contributed by atoms with Crippen LogP contribution in [-0.2, 0) is 13.2 Å². The predicted molar refractivity (Wildman–Crippen MR) is 88.6 cm³/mol. The molecule has 3 nitrogen and oxygen atoms in total. The quantitative estimate of drug-likeness (QED) is 0.734. The molecule has 0 spiro atoms. The van der Waals surface area contributed by atoms with E-state index in [0.717, 1.165) is 46.6 Å². The molecule has 0 radical (unpaired) electrons. The molecule has 0 atom stereocenters. The first kappa shape index (κ1) is 16.0. The summed E-state index contributed by atoms with van der Waals surface area (Å²) in [7, 11) is 0. The average molecular weight is 350 g/mol. The molecule has 0 fully saturated rings. The summed E-state index contributed by atoms with van der Waals surface area (Å²) >= 11 is 3.50. The highest BCUT2D eigenvalue weighted by Gasteiger charge is 2.06. The largest absolute Gasteiger partial charge is 0.457 e. The van der Waals surface area contributed by atoms with Crippen molar-refractivity contribution in [3.05, 3.63) is 58.1 Å². The Morgan fingerprint density at radius 1 is 1.19 bits per heavy atom. The van der Waals surface area contributed by atoms with E-state index in [-0.39, 0.29) is 6.61 Å². The molecule has 112 valence electrons. The van der Waals surface area contributed by atoms with Crippen molar-refractivity contribution in [2.24, 2.45) is 0 Å². The molecule has 0 heterocycles. The van der Waals surface area contributed by atoms with Crippen LogP contribution in [0.5, 0.6) is 11.5 Å². The van der Waals surface area contributed by atoms with E-state index in [2.05, 4.69) is 34.2 Å². The van der Waals surface area contributed by atoms with Gasteiger partial charge in [-0.25, -0.2) is 0 Å². The minimum absolute atomic E-state index is 0.0163. The number of rotatable bonds is 7. The van der Waals surface area contributed by atoms with E-state index in [1.165, 1.54) is 0 Å². The van der Waals surface area contributed by atoms with Crippen molar-refractivity contribution in [2.75, 3.05) is 6.54 Å². The van der Waals surface area contributed by atoms with Crippen LogP contribution < -0.4 is 10.1 Å². The number of benzene rings is 2. The summed E-state index contributed by atoms with van der Waals surface area (Å²) in [5.74, 6) is 1.57. The van der Waals surface area contributed by atoms with Crippen LogP contribution >= 0.6 is 15.9 Å². The number of aliphatic hydroxyl groups is 1. The van der Waals surface area contributed by atoms with Crippen molar-refractivity contribution < 1.29 is 9.84 Å². The van der Waals surface area contributed by atoms with Gasteiger partial charge in [-0.1, -0.05) is 35.0 Å². The highest BCUT2D eigenvalue weighted by molar-refractivity contribution is 9.10. The van der Waals surface area contributed by atoms with Gasteiger partial charge < -0.3 is 15.2 Å². The Bertz CT molecular complexity index is 587. The zero-order valence-corrected chi connectivity index (χ0v) is 13.7. The van der Waals surface area contributed by atoms with Gasteiger partial charge in [0.15, 0.2) is 0 Å². The predicted octanol–water partition coefficient (Wildman–Crippen LogP) is 4.23. The molecule has 0 bridgehead atoms. The highest BCUT2D eigenvalue weighted by atomic mass is 79.9. The SMILES string of the molecule is CCCNCc1cc(Br)ccc1Oc1cccc(CO)c1. The number of halogens is 1. The molecule has 0 saturated heterocycles. The van der Waals surface area contributed by atoms with Gasteiger partial charge in [-0.2, -0.15) is 0 Å². The first-order valence-corrected chi connectivity index (χ1v) is 7.89. The normalized spacial score (nSPS) is 10.6. The summed E-state index contributed by atoms with van der Waals surface area (Å²) < 4.78 is 7.00. The van der Waals surface area contributed by atoms with Crippen molar-refractivity contribution in [3.63, 3.8) is 0 Å². The molecule has 0 amide bonds. The molecule has 2 aromatic carbocycles. The Kier molecular flexibility index (Phi) is 6.23. The minimum atomic E-state index is 0.0163. The van der Waals surface area contributed by atoms with Crippen LogP contribution in [0.4, 0.5) is 0 Å². The maximum Gasteiger partial charge on any atom is 0.131 e. The molecular formula is C17H20BrNO2. The molecule has 2 N–H and O–H groups in total. The van der Waals surface area contributed by atoms with E-state index in [4.69, 9.17) is 4.74 Å². The van der Waals surface area contributed by atoms with Crippen LogP contribution in [0.25, 0.3) is 0 Å². The van der Waals surface area contributed by atoms with Crippen molar-refractivity contribution in [3.8, 4) is 11.5 Å². The van der Waals surface area contributed by atoms with Gasteiger partial charge in [-0.3, -0.25) is 0 Å². The van der Waals surface area contributed by atoms with Crippen molar-refractivity contribution >= 4 is 15.9 Å².